The molecule has 0 bridgehead atoms. The summed E-state index contributed by atoms with van der Waals surface area (Å²) in [5, 5.41) is 12.4. The molecule has 5 nitrogen and oxygen atoms in total. The molecule has 17 heavy (non-hydrogen) atoms. The van der Waals surface area contributed by atoms with Crippen LogP contribution in [-0.2, 0) is 11.3 Å². The first-order chi connectivity index (χ1) is 7.90. The minimum Gasteiger partial charge on any atom is -0.480 e. The Labute approximate surface area is 102 Å². The van der Waals surface area contributed by atoms with E-state index in [9.17, 15) is 9.90 Å². The van der Waals surface area contributed by atoms with Crippen molar-refractivity contribution in [1.29, 1.82) is 0 Å². The first-order valence-corrected chi connectivity index (χ1v) is 5.87. The van der Waals surface area contributed by atoms with Crippen LogP contribution >= 0.6 is 0 Å². The predicted molar refractivity (Wildman–Crippen MR) is 66.0 cm³/mol. The molecule has 96 valence electrons. The van der Waals surface area contributed by atoms with Gasteiger partial charge in [-0.2, -0.15) is 0 Å². The van der Waals surface area contributed by atoms with Crippen LogP contribution in [0.25, 0.3) is 0 Å². The van der Waals surface area contributed by atoms with E-state index in [1.165, 1.54) is 0 Å². The highest BCUT2D eigenvalue weighted by atomic mass is 16.4. The van der Waals surface area contributed by atoms with Crippen molar-refractivity contribution in [3.63, 3.8) is 0 Å². The van der Waals surface area contributed by atoms with Gasteiger partial charge >= 0.3 is 5.97 Å². The summed E-state index contributed by atoms with van der Waals surface area (Å²) in [6, 6.07) is 0. The van der Waals surface area contributed by atoms with Crippen molar-refractivity contribution in [2.75, 3.05) is 6.54 Å². The number of nitrogens with one attached hydrogen (secondary N) is 1. The summed E-state index contributed by atoms with van der Waals surface area (Å²) in [6.45, 7) is 8.67. The largest absolute Gasteiger partial charge is 0.480 e. The van der Waals surface area contributed by atoms with Crippen molar-refractivity contribution in [2.24, 2.45) is 0 Å². The molecule has 0 radical (unpaired) electrons. The standard InChI is InChI=1S/C12H21N3O2/c1-5-6-14-12(4,11(16)17)7-15-8-13-9(2)10(15)3/h8,14H,5-7H2,1-4H3,(H,16,17). The Hall–Kier alpha value is -1.36. The molecule has 1 aromatic rings. The third-order valence-corrected chi connectivity index (χ3v) is 3.07. The van der Waals surface area contributed by atoms with Gasteiger partial charge in [0.05, 0.1) is 18.6 Å². The van der Waals surface area contributed by atoms with Crippen LogP contribution in [-0.4, -0.2) is 32.7 Å². The second kappa shape index (κ2) is 5.31. The summed E-state index contributed by atoms with van der Waals surface area (Å²) in [4.78, 5) is 15.5. The highest BCUT2D eigenvalue weighted by Gasteiger charge is 2.33. The van der Waals surface area contributed by atoms with Gasteiger partial charge in [0.15, 0.2) is 0 Å². The fourth-order valence-electron chi connectivity index (χ4n) is 1.64. The van der Waals surface area contributed by atoms with E-state index in [0.717, 1.165) is 17.8 Å². The number of carboxylic acid groups (broad SMARTS) is 1. The fourth-order valence-corrected chi connectivity index (χ4v) is 1.64. The van der Waals surface area contributed by atoms with Crippen LogP contribution in [0.1, 0.15) is 31.7 Å². The van der Waals surface area contributed by atoms with Crippen molar-refractivity contribution in [2.45, 2.75) is 46.2 Å². The predicted octanol–water partition coefficient (Wildman–Crippen LogP) is 1.34. The van der Waals surface area contributed by atoms with Crippen molar-refractivity contribution in [3.05, 3.63) is 17.7 Å². The minimum absolute atomic E-state index is 0.384. The van der Waals surface area contributed by atoms with Crippen LogP contribution in [0.4, 0.5) is 0 Å². The Morgan fingerprint density at radius 1 is 1.59 bits per heavy atom. The SMILES string of the molecule is CCCNC(C)(Cn1cnc(C)c1C)C(=O)O. The Morgan fingerprint density at radius 3 is 2.65 bits per heavy atom. The lowest BCUT2D eigenvalue weighted by Crippen LogP contribution is -2.52. The van der Waals surface area contributed by atoms with Gasteiger partial charge < -0.3 is 15.0 Å². The van der Waals surface area contributed by atoms with Gasteiger partial charge in [-0.3, -0.25) is 4.79 Å². The number of hydrogen-bond donors (Lipinski definition) is 2. The molecule has 5 heteroatoms. The molecule has 1 heterocycles. The molecule has 0 spiro atoms. The maximum absolute atomic E-state index is 11.4. The third-order valence-electron chi connectivity index (χ3n) is 3.07. The van der Waals surface area contributed by atoms with E-state index in [-0.39, 0.29) is 0 Å². The third kappa shape index (κ3) is 3.06. The smallest absolute Gasteiger partial charge is 0.325 e. The van der Waals surface area contributed by atoms with Gasteiger partial charge in [0.1, 0.15) is 5.54 Å². The Kier molecular flexibility index (Phi) is 4.28. The summed E-state index contributed by atoms with van der Waals surface area (Å²) in [5.41, 5.74) is 0.998. The number of rotatable bonds is 6. The van der Waals surface area contributed by atoms with Crippen LogP contribution < -0.4 is 5.32 Å². The fraction of sp³-hybridized carbons (Fsp3) is 0.667. The molecule has 1 unspecified atom stereocenters. The van der Waals surface area contributed by atoms with Crippen LogP contribution in [0, 0.1) is 13.8 Å². The number of aliphatic carboxylic acids is 1. The highest BCUT2D eigenvalue weighted by Crippen LogP contribution is 2.12. The van der Waals surface area contributed by atoms with Crippen molar-refractivity contribution < 1.29 is 9.90 Å². The summed E-state index contributed by atoms with van der Waals surface area (Å²) >= 11 is 0. The summed E-state index contributed by atoms with van der Waals surface area (Å²) in [5.74, 6) is -0.836. The van der Waals surface area contributed by atoms with Crippen LogP contribution in [0.5, 0.6) is 0 Å². The molecule has 1 rings (SSSR count). The lowest BCUT2D eigenvalue weighted by atomic mass is 10.0. The number of carbonyl (C=O) groups is 1. The Morgan fingerprint density at radius 2 is 2.24 bits per heavy atom. The zero-order chi connectivity index (χ0) is 13.1. The molecule has 1 atom stereocenters. The summed E-state index contributed by atoms with van der Waals surface area (Å²) in [6.07, 6.45) is 2.60. The molecule has 0 amide bonds. The van der Waals surface area contributed by atoms with Gasteiger partial charge in [-0.25, -0.2) is 4.98 Å². The Balaban J connectivity index is 2.87. The molecule has 0 aliphatic rings. The molecule has 0 fully saturated rings. The molecule has 2 N–H and O–H groups in total. The van der Waals surface area contributed by atoms with E-state index in [0.29, 0.717) is 13.1 Å². The van der Waals surface area contributed by atoms with Crippen LogP contribution in [0.2, 0.25) is 0 Å². The van der Waals surface area contributed by atoms with E-state index in [1.807, 2.05) is 25.3 Å². The molecule has 1 aromatic heterocycles. The number of hydrogen-bond acceptors (Lipinski definition) is 3. The molecule has 0 saturated heterocycles. The average molecular weight is 239 g/mol. The molecular weight excluding hydrogens is 218 g/mol. The molecule has 0 aliphatic heterocycles. The highest BCUT2D eigenvalue weighted by molar-refractivity contribution is 5.78. The number of carboxylic acids is 1. The molecule has 0 aromatic carbocycles. The maximum Gasteiger partial charge on any atom is 0.325 e. The number of nitrogens with zero attached hydrogens (tertiary/aromatic N) is 2. The zero-order valence-corrected chi connectivity index (χ0v) is 10.9. The normalized spacial score (nSPS) is 14.6. The lowest BCUT2D eigenvalue weighted by Gasteiger charge is -2.27. The monoisotopic (exact) mass is 239 g/mol. The quantitative estimate of drug-likeness (QED) is 0.786. The second-order valence-corrected chi connectivity index (χ2v) is 4.61. The van der Waals surface area contributed by atoms with E-state index in [1.54, 1.807) is 13.3 Å². The van der Waals surface area contributed by atoms with Gasteiger partial charge in [-0.05, 0) is 33.7 Å². The second-order valence-electron chi connectivity index (χ2n) is 4.61. The van der Waals surface area contributed by atoms with Gasteiger partial charge in [0, 0.05) is 5.69 Å². The van der Waals surface area contributed by atoms with Crippen LogP contribution in [0.15, 0.2) is 6.33 Å². The first-order valence-electron chi connectivity index (χ1n) is 5.87. The van der Waals surface area contributed by atoms with E-state index >= 15 is 0 Å². The van der Waals surface area contributed by atoms with E-state index in [2.05, 4.69) is 10.3 Å². The van der Waals surface area contributed by atoms with E-state index < -0.39 is 11.5 Å². The molecule has 0 aliphatic carbocycles. The lowest BCUT2D eigenvalue weighted by molar-refractivity contribution is -0.144. The number of imidazole rings is 1. The van der Waals surface area contributed by atoms with Gasteiger partial charge in [-0.1, -0.05) is 6.92 Å². The zero-order valence-electron chi connectivity index (χ0n) is 10.9. The van der Waals surface area contributed by atoms with E-state index in [4.69, 9.17) is 0 Å². The summed E-state index contributed by atoms with van der Waals surface area (Å²) in [7, 11) is 0. The minimum atomic E-state index is -0.950. The van der Waals surface area contributed by atoms with Crippen molar-refractivity contribution >= 4 is 5.97 Å². The Bertz CT molecular complexity index is 400. The van der Waals surface area contributed by atoms with Gasteiger partial charge in [-0.15, -0.1) is 0 Å². The van der Waals surface area contributed by atoms with Gasteiger partial charge in [0.2, 0.25) is 0 Å². The summed E-state index contributed by atoms with van der Waals surface area (Å²) < 4.78 is 1.88. The topological polar surface area (TPSA) is 67.2 Å². The molecule has 0 saturated carbocycles. The van der Waals surface area contributed by atoms with Crippen molar-refractivity contribution in [1.82, 2.24) is 14.9 Å². The molecular formula is C12H21N3O2. The first kappa shape index (κ1) is 13.7. The van der Waals surface area contributed by atoms with Crippen LogP contribution in [0.3, 0.4) is 0 Å². The van der Waals surface area contributed by atoms with Gasteiger partial charge in [0.25, 0.3) is 0 Å². The average Bonchev–Trinajstić information content (AvgIpc) is 2.58. The maximum atomic E-state index is 11.4. The number of aromatic nitrogens is 2. The number of aryl methyl sites for hydroxylation is 1. The van der Waals surface area contributed by atoms with Crippen molar-refractivity contribution in [3.8, 4) is 0 Å².